The molecule has 2 N–H and O–H groups in total. The molecule has 0 aliphatic carbocycles. The standard InChI is InChI=1S/C11H8BrClN2O2S/c12-9-10(16)14-8(15-11(9)17)5-18-7-4-2-1-3-6(7)13/h1-4H,5H2,(H2,14,15,16,17). The molecule has 0 atom stereocenters. The highest BCUT2D eigenvalue weighted by Crippen LogP contribution is 2.28. The Morgan fingerprint density at radius 3 is 2.83 bits per heavy atom. The van der Waals surface area contributed by atoms with E-state index in [9.17, 15) is 9.90 Å². The van der Waals surface area contributed by atoms with Crippen LogP contribution in [0.3, 0.4) is 0 Å². The smallest absolute Gasteiger partial charge is 0.269 e. The van der Waals surface area contributed by atoms with Crippen molar-refractivity contribution in [3.05, 3.63) is 49.9 Å². The molecule has 0 bridgehead atoms. The molecule has 94 valence electrons. The van der Waals surface area contributed by atoms with Crippen LogP contribution in [-0.4, -0.2) is 15.1 Å². The van der Waals surface area contributed by atoms with Gasteiger partial charge in [-0.1, -0.05) is 23.7 Å². The first-order valence-corrected chi connectivity index (χ1v) is 7.08. The Hall–Kier alpha value is -0.980. The molecule has 0 amide bonds. The maximum absolute atomic E-state index is 11.4. The third kappa shape index (κ3) is 3.07. The van der Waals surface area contributed by atoms with Crippen molar-refractivity contribution < 1.29 is 5.11 Å². The number of hydrogen-bond donors (Lipinski definition) is 2. The van der Waals surface area contributed by atoms with Crippen LogP contribution in [0.1, 0.15) is 5.82 Å². The zero-order valence-corrected chi connectivity index (χ0v) is 12.1. The van der Waals surface area contributed by atoms with Gasteiger partial charge in [-0.3, -0.25) is 4.79 Å². The number of thioether (sulfide) groups is 1. The summed E-state index contributed by atoms with van der Waals surface area (Å²) in [5.41, 5.74) is -0.405. The fourth-order valence-corrected chi connectivity index (χ4v) is 2.57. The van der Waals surface area contributed by atoms with Gasteiger partial charge in [0.15, 0.2) is 0 Å². The molecule has 0 radical (unpaired) electrons. The molecule has 2 aromatic rings. The Morgan fingerprint density at radius 1 is 1.44 bits per heavy atom. The zero-order chi connectivity index (χ0) is 13.1. The Labute approximate surface area is 121 Å². The molecule has 1 heterocycles. The molecule has 0 aliphatic rings. The van der Waals surface area contributed by atoms with Crippen molar-refractivity contribution in [1.82, 2.24) is 9.97 Å². The highest BCUT2D eigenvalue weighted by Gasteiger charge is 2.08. The number of aromatic amines is 1. The van der Waals surface area contributed by atoms with Crippen LogP contribution >= 0.6 is 39.3 Å². The van der Waals surface area contributed by atoms with Crippen LogP contribution < -0.4 is 5.56 Å². The lowest BCUT2D eigenvalue weighted by Gasteiger charge is -2.04. The highest BCUT2D eigenvalue weighted by atomic mass is 79.9. The van der Waals surface area contributed by atoms with Crippen LogP contribution in [0, 0.1) is 0 Å². The Kier molecular flexibility index (Phi) is 4.31. The quantitative estimate of drug-likeness (QED) is 0.837. The predicted octanol–water partition coefficient (Wildman–Crippen LogP) is 3.18. The SMILES string of the molecule is O=c1[nH]c(CSc2ccccc2Cl)nc(O)c1Br. The van der Waals surface area contributed by atoms with E-state index in [4.69, 9.17) is 11.6 Å². The number of rotatable bonds is 3. The number of hydrogen-bond acceptors (Lipinski definition) is 4. The van der Waals surface area contributed by atoms with Gasteiger partial charge in [-0.2, -0.15) is 4.98 Å². The van der Waals surface area contributed by atoms with Gasteiger partial charge in [0.05, 0.1) is 10.8 Å². The number of benzene rings is 1. The molecule has 7 heteroatoms. The van der Waals surface area contributed by atoms with E-state index in [1.165, 1.54) is 11.8 Å². The lowest BCUT2D eigenvalue weighted by Crippen LogP contribution is -2.11. The van der Waals surface area contributed by atoms with Crippen molar-refractivity contribution in [1.29, 1.82) is 0 Å². The maximum Gasteiger partial charge on any atom is 0.269 e. The fraction of sp³-hybridized carbons (Fsp3) is 0.0909. The summed E-state index contributed by atoms with van der Waals surface area (Å²) in [6.07, 6.45) is 0. The van der Waals surface area contributed by atoms with E-state index >= 15 is 0 Å². The minimum Gasteiger partial charge on any atom is -0.492 e. The first-order chi connectivity index (χ1) is 8.58. The molecule has 1 aromatic heterocycles. The van der Waals surface area contributed by atoms with E-state index in [0.717, 1.165) is 4.90 Å². The Bertz CT molecular complexity index is 633. The van der Waals surface area contributed by atoms with Crippen molar-refractivity contribution in [3.63, 3.8) is 0 Å². The molecule has 0 spiro atoms. The van der Waals surface area contributed by atoms with Crippen molar-refractivity contribution in [3.8, 4) is 5.88 Å². The molecule has 0 fully saturated rings. The van der Waals surface area contributed by atoms with Crippen molar-refractivity contribution in [2.75, 3.05) is 0 Å². The molecule has 0 unspecified atom stereocenters. The highest BCUT2D eigenvalue weighted by molar-refractivity contribution is 9.10. The van der Waals surface area contributed by atoms with Crippen molar-refractivity contribution in [2.45, 2.75) is 10.6 Å². The van der Waals surface area contributed by atoms with Gasteiger partial charge in [-0.05, 0) is 28.1 Å². The monoisotopic (exact) mass is 346 g/mol. The summed E-state index contributed by atoms with van der Waals surface area (Å²) in [6.45, 7) is 0. The summed E-state index contributed by atoms with van der Waals surface area (Å²) in [6, 6.07) is 7.39. The number of aromatic hydroxyl groups is 1. The lowest BCUT2D eigenvalue weighted by molar-refractivity contribution is 0.444. The summed E-state index contributed by atoms with van der Waals surface area (Å²) < 4.78 is 0.0361. The van der Waals surface area contributed by atoms with Gasteiger partial charge in [0.1, 0.15) is 10.3 Å². The van der Waals surface area contributed by atoms with E-state index in [1.54, 1.807) is 6.07 Å². The van der Waals surface area contributed by atoms with E-state index in [1.807, 2.05) is 18.2 Å². The van der Waals surface area contributed by atoms with E-state index in [-0.39, 0.29) is 10.4 Å². The number of H-pyrrole nitrogens is 1. The average Bonchev–Trinajstić information content (AvgIpc) is 2.35. The van der Waals surface area contributed by atoms with E-state index < -0.39 is 5.56 Å². The van der Waals surface area contributed by atoms with Crippen LogP contribution in [0.4, 0.5) is 0 Å². The number of nitrogens with one attached hydrogen (secondary N) is 1. The van der Waals surface area contributed by atoms with Gasteiger partial charge < -0.3 is 10.1 Å². The topological polar surface area (TPSA) is 66.0 Å². The summed E-state index contributed by atoms with van der Waals surface area (Å²) >= 11 is 10.4. The van der Waals surface area contributed by atoms with Gasteiger partial charge in [-0.25, -0.2) is 0 Å². The second-order valence-electron chi connectivity index (χ2n) is 3.37. The normalized spacial score (nSPS) is 10.6. The molecule has 18 heavy (non-hydrogen) atoms. The second kappa shape index (κ2) is 5.77. The maximum atomic E-state index is 11.4. The summed E-state index contributed by atoms with van der Waals surface area (Å²) in [4.78, 5) is 18.7. The molecule has 4 nitrogen and oxygen atoms in total. The zero-order valence-electron chi connectivity index (χ0n) is 8.98. The minimum atomic E-state index is -0.405. The molecular weight excluding hydrogens is 340 g/mol. The summed E-state index contributed by atoms with van der Waals surface area (Å²) in [5.74, 6) is 0.499. The second-order valence-corrected chi connectivity index (χ2v) is 5.59. The molecule has 0 saturated carbocycles. The van der Waals surface area contributed by atoms with Crippen molar-refractivity contribution >= 4 is 39.3 Å². The fourth-order valence-electron chi connectivity index (χ4n) is 1.27. The Morgan fingerprint density at radius 2 is 2.17 bits per heavy atom. The lowest BCUT2D eigenvalue weighted by atomic mass is 10.4. The first-order valence-electron chi connectivity index (χ1n) is 4.93. The Balaban J connectivity index is 2.17. The van der Waals surface area contributed by atoms with Crippen LogP contribution in [0.15, 0.2) is 38.4 Å². The van der Waals surface area contributed by atoms with Gasteiger partial charge >= 0.3 is 0 Å². The molecule has 0 aliphatic heterocycles. The molecule has 0 saturated heterocycles. The van der Waals surface area contributed by atoms with E-state index in [2.05, 4.69) is 25.9 Å². The van der Waals surface area contributed by atoms with Gasteiger partial charge in [0.2, 0.25) is 5.88 Å². The van der Waals surface area contributed by atoms with Crippen molar-refractivity contribution in [2.24, 2.45) is 0 Å². The molecule has 2 rings (SSSR count). The third-order valence-electron chi connectivity index (χ3n) is 2.10. The largest absolute Gasteiger partial charge is 0.492 e. The molecule has 1 aromatic carbocycles. The number of aromatic nitrogens is 2. The van der Waals surface area contributed by atoms with E-state index in [0.29, 0.717) is 16.6 Å². The van der Waals surface area contributed by atoms with Crippen LogP contribution in [0.25, 0.3) is 0 Å². The van der Waals surface area contributed by atoms with Gasteiger partial charge in [-0.15, -0.1) is 11.8 Å². The number of halogens is 2. The van der Waals surface area contributed by atoms with Crippen LogP contribution in [0.2, 0.25) is 5.02 Å². The van der Waals surface area contributed by atoms with Crippen LogP contribution in [-0.2, 0) is 5.75 Å². The third-order valence-corrected chi connectivity index (χ3v) is 4.34. The van der Waals surface area contributed by atoms with Gasteiger partial charge in [0, 0.05) is 4.90 Å². The molecular formula is C11H8BrClN2O2S. The summed E-state index contributed by atoms with van der Waals surface area (Å²) in [5, 5.41) is 10.1. The first kappa shape index (κ1) is 13.5. The average molecular weight is 348 g/mol. The minimum absolute atomic E-state index is 0.0361. The van der Waals surface area contributed by atoms with Crippen LogP contribution in [0.5, 0.6) is 5.88 Å². The predicted molar refractivity (Wildman–Crippen MR) is 75.2 cm³/mol. The number of nitrogens with zero attached hydrogens (tertiary/aromatic N) is 1. The van der Waals surface area contributed by atoms with Gasteiger partial charge in [0.25, 0.3) is 5.56 Å². The summed E-state index contributed by atoms with van der Waals surface area (Å²) in [7, 11) is 0.